The van der Waals surface area contributed by atoms with Crippen molar-refractivity contribution in [3.63, 3.8) is 0 Å². The summed E-state index contributed by atoms with van der Waals surface area (Å²) in [4.78, 5) is 25.9. The molecule has 2 aliphatic rings. The average Bonchev–Trinajstić information content (AvgIpc) is 3.00. The summed E-state index contributed by atoms with van der Waals surface area (Å²) in [5.41, 5.74) is 0.921. The van der Waals surface area contributed by atoms with Crippen molar-refractivity contribution >= 4 is 11.8 Å². The molecule has 3 rings (SSSR count). The highest BCUT2D eigenvalue weighted by Gasteiger charge is 2.36. The van der Waals surface area contributed by atoms with Crippen molar-refractivity contribution in [2.75, 3.05) is 32.7 Å². The van der Waals surface area contributed by atoms with Crippen LogP contribution in [0.25, 0.3) is 0 Å². The van der Waals surface area contributed by atoms with Gasteiger partial charge in [-0.3, -0.25) is 19.8 Å². The highest BCUT2D eigenvalue weighted by Crippen LogP contribution is 2.25. The van der Waals surface area contributed by atoms with Gasteiger partial charge in [0, 0.05) is 13.1 Å². The predicted octanol–water partition coefficient (Wildman–Crippen LogP) is 0.0231. The molecule has 2 N–H and O–H groups in total. The molecule has 1 aromatic carbocycles. The number of amides is 2. The molecule has 0 aliphatic carbocycles. The first kappa shape index (κ1) is 14.2. The Morgan fingerprint density at radius 3 is 2.43 bits per heavy atom. The van der Waals surface area contributed by atoms with Gasteiger partial charge < -0.3 is 5.32 Å². The Kier molecular flexibility index (Phi) is 4.31. The molecule has 0 saturated carbocycles. The van der Waals surface area contributed by atoms with Gasteiger partial charge in [0.2, 0.25) is 11.8 Å². The van der Waals surface area contributed by atoms with E-state index in [1.165, 1.54) is 0 Å². The lowest BCUT2D eigenvalue weighted by Gasteiger charge is -2.16. The van der Waals surface area contributed by atoms with Crippen LogP contribution in [0, 0.1) is 11.8 Å². The third kappa shape index (κ3) is 3.68. The first-order chi connectivity index (χ1) is 10.2. The van der Waals surface area contributed by atoms with Gasteiger partial charge in [-0.2, -0.15) is 0 Å². The molecule has 0 aromatic heterocycles. The second-order valence-corrected chi connectivity index (χ2v) is 6.01. The van der Waals surface area contributed by atoms with E-state index in [1.807, 2.05) is 30.3 Å². The minimum atomic E-state index is -0.229. The number of fused-ring (bicyclic) bond motifs is 1. The van der Waals surface area contributed by atoms with Crippen molar-refractivity contribution in [1.82, 2.24) is 15.5 Å². The number of hydrogen-bond acceptors (Lipinski definition) is 4. The Labute approximate surface area is 124 Å². The zero-order valence-corrected chi connectivity index (χ0v) is 12.0. The molecule has 2 aliphatic heterocycles. The highest BCUT2D eigenvalue weighted by molar-refractivity contribution is 5.96. The summed E-state index contributed by atoms with van der Waals surface area (Å²) in [5, 5.41) is 5.86. The molecular weight excluding hydrogens is 266 g/mol. The Morgan fingerprint density at radius 2 is 1.76 bits per heavy atom. The predicted molar refractivity (Wildman–Crippen MR) is 79.6 cm³/mol. The van der Waals surface area contributed by atoms with E-state index in [0.29, 0.717) is 18.4 Å². The van der Waals surface area contributed by atoms with Crippen LogP contribution < -0.4 is 10.6 Å². The Morgan fingerprint density at radius 1 is 1.10 bits per heavy atom. The van der Waals surface area contributed by atoms with E-state index in [0.717, 1.165) is 31.7 Å². The van der Waals surface area contributed by atoms with E-state index >= 15 is 0 Å². The third-order valence-corrected chi connectivity index (χ3v) is 4.32. The van der Waals surface area contributed by atoms with Gasteiger partial charge in [0.05, 0.1) is 13.0 Å². The number of nitrogens with zero attached hydrogens (tertiary/aromatic N) is 1. The van der Waals surface area contributed by atoms with Crippen molar-refractivity contribution in [3.8, 4) is 0 Å². The van der Waals surface area contributed by atoms with Gasteiger partial charge in [0.25, 0.3) is 0 Å². The molecule has 0 radical (unpaired) electrons. The maximum Gasteiger partial charge on any atom is 0.240 e. The van der Waals surface area contributed by atoms with Crippen LogP contribution in [0.1, 0.15) is 5.56 Å². The number of carbonyl (C=O) groups excluding carboxylic acids is 2. The molecule has 0 spiro atoms. The van der Waals surface area contributed by atoms with E-state index in [-0.39, 0.29) is 18.2 Å². The van der Waals surface area contributed by atoms with Crippen LogP contribution in [-0.2, 0) is 16.0 Å². The summed E-state index contributed by atoms with van der Waals surface area (Å²) < 4.78 is 0. The van der Waals surface area contributed by atoms with E-state index in [2.05, 4.69) is 15.5 Å². The van der Waals surface area contributed by atoms with Crippen molar-refractivity contribution in [3.05, 3.63) is 35.9 Å². The second-order valence-electron chi connectivity index (χ2n) is 6.01. The lowest BCUT2D eigenvalue weighted by molar-refractivity contribution is -0.130. The van der Waals surface area contributed by atoms with Gasteiger partial charge in [0.1, 0.15) is 0 Å². The monoisotopic (exact) mass is 287 g/mol. The lowest BCUT2D eigenvalue weighted by atomic mass is 10.0. The molecule has 0 bridgehead atoms. The standard InChI is InChI=1S/C16H21N3O2/c20-15(6-12-4-2-1-3-5-12)18-16(21)11-19-9-13-7-17-8-14(13)10-19/h1-5,13-14,17H,6-11H2,(H,18,20,21)/t13-,14+. The topological polar surface area (TPSA) is 61.4 Å². The summed E-state index contributed by atoms with van der Waals surface area (Å²) in [6.45, 7) is 4.34. The van der Waals surface area contributed by atoms with Crippen molar-refractivity contribution < 1.29 is 9.59 Å². The van der Waals surface area contributed by atoms with Crippen molar-refractivity contribution in [2.45, 2.75) is 6.42 Å². The van der Waals surface area contributed by atoms with Gasteiger partial charge in [-0.25, -0.2) is 0 Å². The SMILES string of the molecule is O=C(Cc1ccccc1)NC(=O)CN1C[C@H]2CNC[C@H]2C1. The fourth-order valence-electron chi connectivity index (χ4n) is 3.31. The van der Waals surface area contributed by atoms with Crippen LogP contribution in [0.2, 0.25) is 0 Å². The number of likely N-dealkylation sites (tertiary alicyclic amines) is 1. The quantitative estimate of drug-likeness (QED) is 0.820. The van der Waals surface area contributed by atoms with Crippen LogP contribution in [0.5, 0.6) is 0 Å². The molecule has 5 heteroatoms. The molecule has 5 nitrogen and oxygen atoms in total. The highest BCUT2D eigenvalue weighted by atomic mass is 16.2. The maximum atomic E-state index is 11.9. The van der Waals surface area contributed by atoms with Gasteiger partial charge >= 0.3 is 0 Å². The zero-order valence-electron chi connectivity index (χ0n) is 12.0. The minimum absolute atomic E-state index is 0.191. The molecule has 2 heterocycles. The first-order valence-corrected chi connectivity index (χ1v) is 7.50. The van der Waals surface area contributed by atoms with Crippen molar-refractivity contribution in [1.29, 1.82) is 0 Å². The van der Waals surface area contributed by atoms with Crippen molar-refractivity contribution in [2.24, 2.45) is 11.8 Å². The molecule has 2 atom stereocenters. The number of imide groups is 1. The van der Waals surface area contributed by atoms with Gasteiger partial charge in [-0.05, 0) is 30.5 Å². The van der Waals surface area contributed by atoms with Gasteiger partial charge in [-0.15, -0.1) is 0 Å². The summed E-state index contributed by atoms with van der Waals surface area (Å²) >= 11 is 0. The molecule has 0 unspecified atom stereocenters. The zero-order chi connectivity index (χ0) is 14.7. The summed E-state index contributed by atoms with van der Waals surface area (Å²) in [7, 11) is 0. The van der Waals surface area contributed by atoms with Crippen LogP contribution in [0.15, 0.2) is 30.3 Å². The maximum absolute atomic E-state index is 11.9. The number of benzene rings is 1. The Balaban J connectivity index is 1.43. The fraction of sp³-hybridized carbons (Fsp3) is 0.500. The summed E-state index contributed by atoms with van der Waals surface area (Å²) in [5.74, 6) is 0.909. The van der Waals surface area contributed by atoms with Crippen LogP contribution in [0.3, 0.4) is 0 Å². The van der Waals surface area contributed by atoms with Crippen LogP contribution >= 0.6 is 0 Å². The summed E-state index contributed by atoms with van der Waals surface area (Å²) in [6.07, 6.45) is 0.252. The number of carbonyl (C=O) groups is 2. The second kappa shape index (κ2) is 6.37. The van der Waals surface area contributed by atoms with Crippen LogP contribution in [0.4, 0.5) is 0 Å². The Hall–Kier alpha value is -1.72. The molecule has 2 fully saturated rings. The Bertz CT molecular complexity index is 506. The lowest BCUT2D eigenvalue weighted by Crippen LogP contribution is -2.40. The largest absolute Gasteiger partial charge is 0.316 e. The van der Waals surface area contributed by atoms with E-state index in [1.54, 1.807) is 0 Å². The van der Waals surface area contributed by atoms with E-state index in [9.17, 15) is 9.59 Å². The normalized spacial score (nSPS) is 24.8. The fourth-order valence-corrected chi connectivity index (χ4v) is 3.31. The molecular formula is C16H21N3O2. The number of hydrogen-bond donors (Lipinski definition) is 2. The molecule has 1 aromatic rings. The number of nitrogens with one attached hydrogen (secondary N) is 2. The summed E-state index contributed by atoms with van der Waals surface area (Å²) in [6, 6.07) is 9.46. The average molecular weight is 287 g/mol. The number of rotatable bonds is 4. The van der Waals surface area contributed by atoms with Crippen LogP contribution in [-0.4, -0.2) is 49.4 Å². The molecule has 2 amide bonds. The third-order valence-electron chi connectivity index (χ3n) is 4.32. The smallest absolute Gasteiger partial charge is 0.240 e. The first-order valence-electron chi connectivity index (χ1n) is 7.50. The minimum Gasteiger partial charge on any atom is -0.316 e. The molecule has 112 valence electrons. The van der Waals surface area contributed by atoms with Gasteiger partial charge in [0.15, 0.2) is 0 Å². The molecule has 2 saturated heterocycles. The van der Waals surface area contributed by atoms with E-state index < -0.39 is 0 Å². The molecule has 21 heavy (non-hydrogen) atoms. The van der Waals surface area contributed by atoms with Gasteiger partial charge in [-0.1, -0.05) is 30.3 Å². The van der Waals surface area contributed by atoms with E-state index in [4.69, 9.17) is 0 Å².